The highest BCUT2D eigenvalue weighted by Crippen LogP contribution is 2.57. The Morgan fingerprint density at radius 3 is 2.88 bits per heavy atom. The van der Waals surface area contributed by atoms with Crippen molar-refractivity contribution in [3.63, 3.8) is 0 Å². The summed E-state index contributed by atoms with van der Waals surface area (Å²) in [6, 6.07) is 2.08. The molecule has 2 amide bonds. The number of aliphatic hydroxyl groups excluding tert-OH is 1. The molecule has 2 aliphatic rings. The minimum Gasteiger partial charge on any atom is -0.392 e. The second-order valence-corrected chi connectivity index (χ2v) is 11.6. The van der Waals surface area contributed by atoms with E-state index in [1.165, 1.54) is 16.6 Å². The Morgan fingerprint density at radius 2 is 2.22 bits per heavy atom. The summed E-state index contributed by atoms with van der Waals surface area (Å²) in [5, 5.41) is 23.9. The van der Waals surface area contributed by atoms with Gasteiger partial charge in [-0.25, -0.2) is 4.98 Å². The van der Waals surface area contributed by atoms with Crippen molar-refractivity contribution in [3.05, 3.63) is 10.6 Å². The Labute approximate surface area is 199 Å². The molecule has 1 fully saturated rings. The fraction of sp³-hybridized carbons (Fsp3) is 0.739. The van der Waals surface area contributed by atoms with E-state index in [0.717, 1.165) is 25.0 Å². The fourth-order valence-corrected chi connectivity index (χ4v) is 7.36. The van der Waals surface area contributed by atoms with Crippen molar-refractivity contribution < 1.29 is 14.7 Å². The number of anilines is 1. The van der Waals surface area contributed by atoms with Gasteiger partial charge in [-0.2, -0.15) is 17.0 Å². The first-order valence-electron chi connectivity index (χ1n) is 11.2. The Morgan fingerprint density at radius 1 is 1.50 bits per heavy atom. The number of nitriles is 1. The zero-order valence-corrected chi connectivity index (χ0v) is 21.2. The van der Waals surface area contributed by atoms with E-state index in [0.29, 0.717) is 23.8 Å². The number of hydrogen-bond acceptors (Lipinski definition) is 7. The fourth-order valence-electron chi connectivity index (χ4n) is 5.75. The number of rotatable bonds is 7. The highest BCUT2D eigenvalue weighted by molar-refractivity contribution is 7.99. The van der Waals surface area contributed by atoms with E-state index in [9.17, 15) is 14.7 Å². The first-order chi connectivity index (χ1) is 15.1. The predicted molar refractivity (Wildman–Crippen MR) is 129 cm³/mol. The van der Waals surface area contributed by atoms with Crippen LogP contribution in [0.25, 0.3) is 0 Å². The highest BCUT2D eigenvalue weighted by atomic mass is 32.2. The lowest BCUT2D eigenvalue weighted by molar-refractivity contribution is -0.143. The molecule has 1 aromatic rings. The smallest absolute Gasteiger partial charge is 0.236 e. The van der Waals surface area contributed by atoms with Crippen LogP contribution in [0.15, 0.2) is 0 Å². The molecule has 3 rings (SSSR count). The second-order valence-electron chi connectivity index (χ2n) is 9.60. The summed E-state index contributed by atoms with van der Waals surface area (Å²) in [5.74, 6) is -0.0303. The van der Waals surface area contributed by atoms with Gasteiger partial charge in [0.05, 0.1) is 30.0 Å². The average molecular weight is 479 g/mol. The van der Waals surface area contributed by atoms with Crippen molar-refractivity contribution in [1.29, 1.82) is 5.26 Å². The summed E-state index contributed by atoms with van der Waals surface area (Å²) in [6.45, 7) is 6.68. The van der Waals surface area contributed by atoms with Crippen LogP contribution >= 0.6 is 23.1 Å². The van der Waals surface area contributed by atoms with Crippen molar-refractivity contribution >= 4 is 40.0 Å². The molecule has 0 saturated heterocycles. The molecule has 1 aromatic heterocycles. The lowest BCUT2D eigenvalue weighted by atomic mass is 9.53. The van der Waals surface area contributed by atoms with Gasteiger partial charge in [-0.3, -0.25) is 9.59 Å². The molecule has 176 valence electrons. The first-order valence-corrected chi connectivity index (χ1v) is 13.4. The number of thiazole rings is 1. The molecule has 9 heteroatoms. The van der Waals surface area contributed by atoms with E-state index < -0.39 is 6.10 Å². The van der Waals surface area contributed by atoms with Gasteiger partial charge in [-0.1, -0.05) is 20.8 Å². The summed E-state index contributed by atoms with van der Waals surface area (Å²) in [5.41, 5.74) is 0.909. The molecule has 0 bridgehead atoms. The van der Waals surface area contributed by atoms with Gasteiger partial charge in [0.1, 0.15) is 0 Å². The molecule has 32 heavy (non-hydrogen) atoms. The van der Waals surface area contributed by atoms with Gasteiger partial charge in [0, 0.05) is 30.3 Å². The molecule has 7 nitrogen and oxygen atoms in total. The minimum atomic E-state index is -0.601. The van der Waals surface area contributed by atoms with E-state index in [1.807, 2.05) is 13.2 Å². The van der Waals surface area contributed by atoms with Crippen LogP contribution in [0.5, 0.6) is 0 Å². The summed E-state index contributed by atoms with van der Waals surface area (Å²) in [7, 11) is 1.73. The number of nitrogens with zero attached hydrogens (tertiary/aromatic N) is 3. The lowest BCUT2D eigenvalue weighted by Gasteiger charge is -2.53. The Bertz CT molecular complexity index is 898. The molecular weight excluding hydrogens is 444 g/mol. The maximum absolute atomic E-state index is 12.9. The zero-order valence-electron chi connectivity index (χ0n) is 19.6. The standard InChI is InChI=1S/C23H34N4O3S2/c1-13(21(30)27(4)10-6-9-24)15-7-8-23(3)11-16-19(14(2)18(23)20(15)29)26-22(32-16)25-17(28)12-31-5/h13-15,18,20,29H,6-8,10-12H2,1-5H3,(H,25,26,28)/t13-,14-,15+,18+,20-,23-/m0/s1. The number of thioether (sulfide) groups is 1. The maximum Gasteiger partial charge on any atom is 0.236 e. The second kappa shape index (κ2) is 10.1. The Kier molecular flexibility index (Phi) is 7.89. The van der Waals surface area contributed by atoms with Gasteiger partial charge < -0.3 is 15.3 Å². The normalized spacial score (nSPS) is 29.9. The van der Waals surface area contributed by atoms with Crippen molar-refractivity contribution in [1.82, 2.24) is 9.88 Å². The SMILES string of the molecule is CSCC(=O)Nc1nc2c(s1)C[C@]1(C)CC[C@H]([C@H](C)C(=O)N(C)CCC#N)[C@H](O)[C@H]1[C@@H]2C. The van der Waals surface area contributed by atoms with Gasteiger partial charge >= 0.3 is 0 Å². The van der Waals surface area contributed by atoms with Crippen molar-refractivity contribution in [2.24, 2.45) is 23.2 Å². The summed E-state index contributed by atoms with van der Waals surface area (Å²) in [6.07, 6.45) is 4.17. The van der Waals surface area contributed by atoms with Crippen LogP contribution in [0.4, 0.5) is 5.13 Å². The molecule has 1 saturated carbocycles. The largest absolute Gasteiger partial charge is 0.392 e. The summed E-state index contributed by atoms with van der Waals surface area (Å²) < 4.78 is 0. The van der Waals surface area contributed by atoms with Crippen molar-refractivity contribution in [2.75, 3.05) is 30.9 Å². The number of hydrogen-bond donors (Lipinski definition) is 2. The summed E-state index contributed by atoms with van der Waals surface area (Å²) in [4.78, 5) is 32.5. The van der Waals surface area contributed by atoms with Crippen LogP contribution in [0.1, 0.15) is 56.5 Å². The number of carbonyl (C=O) groups excluding carboxylic acids is 2. The molecule has 0 aromatic carbocycles. The van der Waals surface area contributed by atoms with E-state index in [2.05, 4.69) is 25.2 Å². The van der Waals surface area contributed by atoms with Crippen molar-refractivity contribution in [2.45, 2.75) is 58.5 Å². The topological polar surface area (TPSA) is 106 Å². The van der Waals surface area contributed by atoms with Crippen LogP contribution in [-0.4, -0.2) is 58.5 Å². The van der Waals surface area contributed by atoms with Crippen LogP contribution in [0.2, 0.25) is 0 Å². The Balaban J connectivity index is 1.79. The van der Waals surface area contributed by atoms with Crippen LogP contribution in [0.3, 0.4) is 0 Å². The zero-order chi connectivity index (χ0) is 23.6. The molecule has 0 aliphatic heterocycles. The van der Waals surface area contributed by atoms with E-state index in [1.54, 1.807) is 23.3 Å². The monoisotopic (exact) mass is 478 g/mol. The van der Waals surface area contributed by atoms with Gasteiger partial charge in [-0.05, 0) is 42.8 Å². The molecule has 0 radical (unpaired) electrons. The number of amides is 2. The molecule has 1 heterocycles. The van der Waals surface area contributed by atoms with Gasteiger partial charge in [0.15, 0.2) is 5.13 Å². The highest BCUT2D eigenvalue weighted by Gasteiger charge is 2.54. The number of nitrogens with one attached hydrogen (secondary N) is 1. The third-order valence-electron chi connectivity index (χ3n) is 7.41. The lowest BCUT2D eigenvalue weighted by Crippen LogP contribution is -2.53. The first kappa shape index (κ1) is 25.0. The van der Waals surface area contributed by atoms with Crippen LogP contribution in [0, 0.1) is 34.5 Å². The quantitative estimate of drug-likeness (QED) is 0.621. The van der Waals surface area contributed by atoms with E-state index in [4.69, 9.17) is 10.2 Å². The number of aromatic nitrogens is 1. The maximum atomic E-state index is 12.9. The molecular formula is C23H34N4O3S2. The van der Waals surface area contributed by atoms with E-state index in [-0.39, 0.29) is 40.9 Å². The van der Waals surface area contributed by atoms with Gasteiger partial charge in [-0.15, -0.1) is 11.3 Å². The molecule has 0 spiro atoms. The van der Waals surface area contributed by atoms with Crippen LogP contribution in [-0.2, 0) is 16.0 Å². The van der Waals surface area contributed by atoms with Crippen molar-refractivity contribution in [3.8, 4) is 6.07 Å². The molecule has 0 unspecified atom stereocenters. The molecule has 2 aliphatic carbocycles. The number of aliphatic hydroxyl groups is 1. The predicted octanol–water partition coefficient (Wildman–Crippen LogP) is 3.51. The van der Waals surface area contributed by atoms with E-state index >= 15 is 0 Å². The number of carbonyl (C=O) groups is 2. The average Bonchev–Trinajstić information content (AvgIpc) is 3.12. The number of fused-ring (bicyclic) bond motifs is 2. The van der Waals surface area contributed by atoms with Gasteiger partial charge in [0.2, 0.25) is 11.8 Å². The molecule has 6 atom stereocenters. The molecule has 2 N–H and O–H groups in total. The Hall–Kier alpha value is -1.63. The third-order valence-corrected chi connectivity index (χ3v) is 8.95. The third kappa shape index (κ3) is 4.82. The van der Waals surface area contributed by atoms with Crippen LogP contribution < -0.4 is 5.32 Å². The summed E-state index contributed by atoms with van der Waals surface area (Å²) >= 11 is 3.03. The van der Waals surface area contributed by atoms with Gasteiger partial charge in [0.25, 0.3) is 0 Å². The minimum absolute atomic E-state index is 0.00487.